The minimum atomic E-state index is 0.674. The zero-order chi connectivity index (χ0) is 12.5. The Labute approximate surface area is 119 Å². The van der Waals surface area contributed by atoms with Crippen molar-refractivity contribution >= 4 is 38.4 Å². The molecule has 0 spiro atoms. The maximum atomic E-state index is 6.14. The lowest BCUT2D eigenvalue weighted by atomic mass is 10.1. The van der Waals surface area contributed by atoms with E-state index >= 15 is 0 Å². The standard InChI is InChI=1S/C15H9BrClN/c16-14-11-7-4-8-13(17)15(11)18-9-12(14)10-5-2-1-3-6-10/h1-9H. The molecule has 0 fully saturated rings. The van der Waals surface area contributed by atoms with Gasteiger partial charge < -0.3 is 0 Å². The van der Waals surface area contributed by atoms with Crippen molar-refractivity contribution in [3.8, 4) is 11.1 Å². The molecule has 3 heteroatoms. The number of pyridine rings is 1. The molecule has 3 aromatic rings. The van der Waals surface area contributed by atoms with Crippen molar-refractivity contribution < 1.29 is 0 Å². The molecule has 0 amide bonds. The van der Waals surface area contributed by atoms with Crippen molar-refractivity contribution in [3.63, 3.8) is 0 Å². The minimum Gasteiger partial charge on any atom is -0.254 e. The molecule has 0 atom stereocenters. The molecule has 0 saturated carbocycles. The van der Waals surface area contributed by atoms with Crippen LogP contribution in [0, 0.1) is 0 Å². The van der Waals surface area contributed by atoms with E-state index < -0.39 is 0 Å². The van der Waals surface area contributed by atoms with Crippen LogP contribution in [0.5, 0.6) is 0 Å². The van der Waals surface area contributed by atoms with Gasteiger partial charge in [-0.15, -0.1) is 0 Å². The summed E-state index contributed by atoms with van der Waals surface area (Å²) in [5.41, 5.74) is 3.04. The Kier molecular flexibility index (Phi) is 3.06. The van der Waals surface area contributed by atoms with Crippen molar-refractivity contribution in [2.24, 2.45) is 0 Å². The highest BCUT2D eigenvalue weighted by atomic mass is 79.9. The quantitative estimate of drug-likeness (QED) is 0.592. The fourth-order valence-corrected chi connectivity index (χ4v) is 2.85. The molecule has 88 valence electrons. The highest BCUT2D eigenvalue weighted by Crippen LogP contribution is 2.35. The van der Waals surface area contributed by atoms with Gasteiger partial charge in [0.1, 0.15) is 0 Å². The van der Waals surface area contributed by atoms with E-state index in [9.17, 15) is 0 Å². The molecule has 0 aliphatic rings. The first kappa shape index (κ1) is 11.7. The van der Waals surface area contributed by atoms with Gasteiger partial charge in [0.05, 0.1) is 10.5 Å². The van der Waals surface area contributed by atoms with Crippen LogP contribution in [-0.2, 0) is 0 Å². The van der Waals surface area contributed by atoms with Gasteiger partial charge in [0.2, 0.25) is 0 Å². The molecule has 3 rings (SSSR count). The van der Waals surface area contributed by atoms with Gasteiger partial charge in [-0.25, -0.2) is 0 Å². The average Bonchev–Trinajstić information content (AvgIpc) is 2.41. The Hall–Kier alpha value is -1.38. The van der Waals surface area contributed by atoms with Crippen LogP contribution < -0.4 is 0 Å². The number of para-hydroxylation sites is 1. The van der Waals surface area contributed by atoms with Crippen molar-refractivity contribution in [1.82, 2.24) is 4.98 Å². The summed E-state index contributed by atoms with van der Waals surface area (Å²) in [5.74, 6) is 0. The predicted molar refractivity (Wildman–Crippen MR) is 79.9 cm³/mol. The molecule has 0 radical (unpaired) electrons. The van der Waals surface area contributed by atoms with Crippen LogP contribution in [0.4, 0.5) is 0 Å². The van der Waals surface area contributed by atoms with Crippen LogP contribution in [0.25, 0.3) is 22.0 Å². The van der Waals surface area contributed by atoms with Gasteiger partial charge in [0, 0.05) is 21.6 Å². The molecule has 1 heterocycles. The number of hydrogen-bond acceptors (Lipinski definition) is 1. The van der Waals surface area contributed by atoms with Crippen LogP contribution in [0.15, 0.2) is 59.2 Å². The topological polar surface area (TPSA) is 12.9 Å². The van der Waals surface area contributed by atoms with Crippen molar-refractivity contribution in [3.05, 3.63) is 64.2 Å². The number of nitrogens with zero attached hydrogens (tertiary/aromatic N) is 1. The molecule has 0 unspecified atom stereocenters. The zero-order valence-electron chi connectivity index (χ0n) is 9.40. The second kappa shape index (κ2) is 4.71. The minimum absolute atomic E-state index is 0.674. The molecule has 0 aliphatic heterocycles. The fourth-order valence-electron chi connectivity index (χ4n) is 1.97. The third kappa shape index (κ3) is 1.92. The molecular formula is C15H9BrClN. The molecule has 0 saturated heterocycles. The lowest BCUT2D eigenvalue weighted by molar-refractivity contribution is 1.40. The molecule has 0 aliphatic carbocycles. The molecule has 1 aromatic heterocycles. The predicted octanol–water partition coefficient (Wildman–Crippen LogP) is 5.32. The summed E-state index contributed by atoms with van der Waals surface area (Å²) in [6.45, 7) is 0. The highest BCUT2D eigenvalue weighted by molar-refractivity contribution is 9.10. The van der Waals surface area contributed by atoms with E-state index in [0.29, 0.717) is 5.02 Å². The zero-order valence-corrected chi connectivity index (χ0v) is 11.7. The summed E-state index contributed by atoms with van der Waals surface area (Å²) < 4.78 is 1.03. The van der Waals surface area contributed by atoms with Gasteiger partial charge in [-0.1, -0.05) is 54.1 Å². The van der Waals surface area contributed by atoms with E-state index in [2.05, 4.69) is 33.0 Å². The lowest BCUT2D eigenvalue weighted by Crippen LogP contribution is -1.86. The Bertz CT molecular complexity index is 710. The van der Waals surface area contributed by atoms with Crippen molar-refractivity contribution in [1.29, 1.82) is 0 Å². The lowest BCUT2D eigenvalue weighted by Gasteiger charge is -2.08. The second-order valence-corrected chi connectivity index (χ2v) is 5.19. The molecular weight excluding hydrogens is 310 g/mol. The van der Waals surface area contributed by atoms with Crippen LogP contribution >= 0.6 is 27.5 Å². The first-order valence-electron chi connectivity index (χ1n) is 5.55. The van der Waals surface area contributed by atoms with Gasteiger partial charge in [-0.2, -0.15) is 0 Å². The largest absolute Gasteiger partial charge is 0.254 e. The summed E-state index contributed by atoms with van der Waals surface area (Å²) >= 11 is 9.80. The van der Waals surface area contributed by atoms with Gasteiger partial charge >= 0.3 is 0 Å². The number of rotatable bonds is 1. The van der Waals surface area contributed by atoms with Gasteiger partial charge in [-0.3, -0.25) is 4.98 Å². The first-order valence-corrected chi connectivity index (χ1v) is 6.72. The Morgan fingerprint density at radius 1 is 0.944 bits per heavy atom. The van der Waals surface area contributed by atoms with E-state index in [4.69, 9.17) is 11.6 Å². The summed E-state index contributed by atoms with van der Waals surface area (Å²) in [5, 5.41) is 1.71. The molecule has 0 bridgehead atoms. The summed E-state index contributed by atoms with van der Waals surface area (Å²) in [4.78, 5) is 4.46. The van der Waals surface area contributed by atoms with Crippen LogP contribution in [-0.4, -0.2) is 4.98 Å². The molecule has 0 N–H and O–H groups in total. The highest BCUT2D eigenvalue weighted by Gasteiger charge is 2.09. The molecule has 2 aromatic carbocycles. The van der Waals surface area contributed by atoms with Gasteiger partial charge in [0.15, 0.2) is 0 Å². The van der Waals surface area contributed by atoms with E-state index in [1.54, 1.807) is 0 Å². The first-order chi connectivity index (χ1) is 8.77. The van der Waals surface area contributed by atoms with Crippen LogP contribution in [0.2, 0.25) is 5.02 Å². The van der Waals surface area contributed by atoms with Crippen LogP contribution in [0.1, 0.15) is 0 Å². The fraction of sp³-hybridized carbons (Fsp3) is 0. The normalized spacial score (nSPS) is 10.8. The third-order valence-corrected chi connectivity index (χ3v) is 4.03. The number of hydrogen-bond donors (Lipinski definition) is 0. The van der Waals surface area contributed by atoms with Gasteiger partial charge in [0.25, 0.3) is 0 Å². The van der Waals surface area contributed by atoms with E-state index in [0.717, 1.165) is 26.5 Å². The van der Waals surface area contributed by atoms with Gasteiger partial charge in [-0.05, 0) is 27.6 Å². The monoisotopic (exact) mass is 317 g/mol. The van der Waals surface area contributed by atoms with Crippen molar-refractivity contribution in [2.45, 2.75) is 0 Å². The van der Waals surface area contributed by atoms with Crippen LogP contribution in [0.3, 0.4) is 0 Å². The Balaban J connectivity index is 2.31. The maximum absolute atomic E-state index is 6.14. The summed E-state index contributed by atoms with van der Waals surface area (Å²) in [7, 11) is 0. The summed E-state index contributed by atoms with van der Waals surface area (Å²) in [6.07, 6.45) is 1.85. The third-order valence-electron chi connectivity index (χ3n) is 2.87. The smallest absolute Gasteiger partial charge is 0.0899 e. The molecule has 18 heavy (non-hydrogen) atoms. The number of aromatic nitrogens is 1. The van der Waals surface area contributed by atoms with E-state index in [1.165, 1.54) is 0 Å². The van der Waals surface area contributed by atoms with Crippen molar-refractivity contribution in [2.75, 3.05) is 0 Å². The maximum Gasteiger partial charge on any atom is 0.0899 e. The molecule has 1 nitrogen and oxygen atoms in total. The average molecular weight is 319 g/mol. The number of benzene rings is 2. The van der Waals surface area contributed by atoms with E-state index in [-0.39, 0.29) is 0 Å². The SMILES string of the molecule is Clc1cccc2c(Br)c(-c3ccccc3)cnc12. The Morgan fingerprint density at radius 2 is 1.72 bits per heavy atom. The second-order valence-electron chi connectivity index (χ2n) is 3.99. The number of fused-ring (bicyclic) bond motifs is 1. The van der Waals surface area contributed by atoms with E-state index in [1.807, 2.05) is 42.6 Å². The summed E-state index contributed by atoms with van der Waals surface area (Å²) in [6, 6.07) is 16.0. The Morgan fingerprint density at radius 3 is 2.50 bits per heavy atom. The number of halogens is 2.